The first-order valence-electron chi connectivity index (χ1n) is 9.97. The van der Waals surface area contributed by atoms with Gasteiger partial charge in [-0.05, 0) is 22.5 Å². The van der Waals surface area contributed by atoms with Gasteiger partial charge in [0, 0.05) is 25.0 Å². The van der Waals surface area contributed by atoms with Gasteiger partial charge in [0.25, 0.3) is 5.56 Å². The highest BCUT2D eigenvalue weighted by Gasteiger charge is 2.19. The van der Waals surface area contributed by atoms with Crippen LogP contribution in [0, 0.1) is 0 Å². The Morgan fingerprint density at radius 3 is 2.44 bits per heavy atom. The number of anilines is 1. The predicted molar refractivity (Wildman–Crippen MR) is 129 cm³/mol. The number of fused-ring (bicyclic) bond motifs is 1. The average Bonchev–Trinajstić information content (AvgIpc) is 3.37. The van der Waals surface area contributed by atoms with Gasteiger partial charge in [-0.1, -0.05) is 45.0 Å². The van der Waals surface area contributed by atoms with Crippen molar-refractivity contribution in [1.82, 2.24) is 18.5 Å². The standard InChI is InChI=1S/C22H23N5O3S2/c1-22(2,3)13-8-6-12(7-9-13)15-11-31-20(23-15)24-16(28)10-14-17-18(29)26(4)21(30)27(5)19(17)32-25-14/h6-9,11H,10H2,1-5H3,(H,23,24,28). The lowest BCUT2D eigenvalue weighted by atomic mass is 9.86. The summed E-state index contributed by atoms with van der Waals surface area (Å²) in [4.78, 5) is 42.2. The summed E-state index contributed by atoms with van der Waals surface area (Å²) < 4.78 is 6.65. The third-order valence-electron chi connectivity index (χ3n) is 5.27. The van der Waals surface area contributed by atoms with Crippen LogP contribution in [0.3, 0.4) is 0 Å². The monoisotopic (exact) mass is 469 g/mol. The number of aromatic nitrogens is 4. The molecule has 3 aromatic heterocycles. The highest BCUT2D eigenvalue weighted by Crippen LogP contribution is 2.28. The summed E-state index contributed by atoms with van der Waals surface area (Å²) in [5, 5.41) is 5.46. The molecule has 3 heterocycles. The zero-order valence-corrected chi connectivity index (χ0v) is 20.1. The zero-order valence-electron chi connectivity index (χ0n) is 18.4. The number of benzene rings is 1. The summed E-state index contributed by atoms with van der Waals surface area (Å²) in [5.74, 6) is -0.322. The lowest BCUT2D eigenvalue weighted by molar-refractivity contribution is -0.115. The molecule has 166 valence electrons. The third kappa shape index (κ3) is 4.03. The molecule has 0 fully saturated rings. The summed E-state index contributed by atoms with van der Waals surface area (Å²) in [6.07, 6.45) is -0.0807. The SMILES string of the molecule is Cn1c(=O)c2c(CC(=O)Nc3nc(-c4ccc(C(C)(C)C)cc4)cs3)nsc2n(C)c1=O. The van der Waals surface area contributed by atoms with Gasteiger partial charge >= 0.3 is 5.69 Å². The summed E-state index contributed by atoms with van der Waals surface area (Å²) >= 11 is 2.37. The van der Waals surface area contributed by atoms with Crippen molar-refractivity contribution in [3.05, 3.63) is 61.7 Å². The first-order valence-corrected chi connectivity index (χ1v) is 11.6. The maximum Gasteiger partial charge on any atom is 0.331 e. The molecule has 0 radical (unpaired) electrons. The second-order valence-electron chi connectivity index (χ2n) is 8.61. The first kappa shape index (κ1) is 22.1. The number of nitrogens with zero attached hydrogens (tertiary/aromatic N) is 4. The highest BCUT2D eigenvalue weighted by molar-refractivity contribution is 7.14. The van der Waals surface area contributed by atoms with Crippen molar-refractivity contribution < 1.29 is 4.79 Å². The minimum atomic E-state index is -0.449. The second-order valence-corrected chi connectivity index (χ2v) is 10.2. The van der Waals surface area contributed by atoms with Gasteiger partial charge in [0.2, 0.25) is 5.91 Å². The number of rotatable bonds is 4. The van der Waals surface area contributed by atoms with E-state index in [1.165, 1.54) is 28.5 Å². The molecule has 4 rings (SSSR count). The summed E-state index contributed by atoms with van der Waals surface area (Å²) in [5.41, 5.74) is 2.56. The Morgan fingerprint density at radius 2 is 1.78 bits per heavy atom. The number of carbonyl (C=O) groups is 1. The molecule has 0 aliphatic heterocycles. The first-order chi connectivity index (χ1) is 15.1. The van der Waals surface area contributed by atoms with Crippen molar-refractivity contribution in [3.8, 4) is 11.3 Å². The molecule has 1 N–H and O–H groups in total. The Kier molecular flexibility index (Phi) is 5.59. The largest absolute Gasteiger partial charge is 0.331 e. The molecule has 8 nitrogen and oxygen atoms in total. The summed E-state index contributed by atoms with van der Waals surface area (Å²) in [6.45, 7) is 6.50. The second kappa shape index (κ2) is 8.10. The molecular weight excluding hydrogens is 446 g/mol. The van der Waals surface area contributed by atoms with E-state index in [4.69, 9.17) is 0 Å². The van der Waals surface area contributed by atoms with Crippen molar-refractivity contribution in [2.45, 2.75) is 32.6 Å². The van der Waals surface area contributed by atoms with Crippen LogP contribution in [0.2, 0.25) is 0 Å². The van der Waals surface area contributed by atoms with Crippen molar-refractivity contribution in [2.75, 3.05) is 5.32 Å². The van der Waals surface area contributed by atoms with Gasteiger partial charge in [-0.3, -0.25) is 18.7 Å². The predicted octanol–water partition coefficient (Wildman–Crippen LogP) is 3.30. The van der Waals surface area contributed by atoms with E-state index < -0.39 is 11.2 Å². The van der Waals surface area contributed by atoms with Crippen molar-refractivity contribution in [2.24, 2.45) is 14.1 Å². The normalized spacial score (nSPS) is 11.8. The Balaban J connectivity index is 1.52. The average molecular weight is 470 g/mol. The van der Waals surface area contributed by atoms with Gasteiger partial charge in [-0.25, -0.2) is 9.78 Å². The van der Waals surface area contributed by atoms with Crippen LogP contribution < -0.4 is 16.6 Å². The van der Waals surface area contributed by atoms with Crippen LogP contribution in [0.25, 0.3) is 21.5 Å². The van der Waals surface area contributed by atoms with Crippen molar-refractivity contribution in [1.29, 1.82) is 0 Å². The zero-order chi connectivity index (χ0) is 23.2. The topological polar surface area (TPSA) is 98.9 Å². The van der Waals surface area contributed by atoms with Gasteiger partial charge < -0.3 is 5.32 Å². The van der Waals surface area contributed by atoms with E-state index >= 15 is 0 Å². The van der Waals surface area contributed by atoms with Crippen LogP contribution in [-0.2, 0) is 30.7 Å². The molecule has 0 aliphatic rings. The van der Waals surface area contributed by atoms with E-state index in [0.717, 1.165) is 27.4 Å². The highest BCUT2D eigenvalue weighted by atomic mass is 32.1. The van der Waals surface area contributed by atoms with Crippen molar-refractivity contribution in [3.63, 3.8) is 0 Å². The van der Waals surface area contributed by atoms with E-state index in [0.29, 0.717) is 21.0 Å². The number of amides is 1. The molecule has 0 bridgehead atoms. The van der Waals surface area contributed by atoms with Gasteiger partial charge in [0.05, 0.1) is 23.2 Å². The Bertz CT molecular complexity index is 1440. The van der Waals surface area contributed by atoms with Crippen LogP contribution in [0.5, 0.6) is 0 Å². The lowest BCUT2D eigenvalue weighted by Gasteiger charge is -2.18. The molecule has 1 aromatic carbocycles. The van der Waals surface area contributed by atoms with Gasteiger partial charge in [-0.15, -0.1) is 11.3 Å². The number of hydrogen-bond donors (Lipinski definition) is 1. The molecule has 0 spiro atoms. The van der Waals surface area contributed by atoms with Gasteiger partial charge in [0.1, 0.15) is 4.83 Å². The Hall–Kier alpha value is -3.11. The molecule has 1 amide bonds. The van der Waals surface area contributed by atoms with E-state index in [1.807, 2.05) is 17.5 Å². The molecule has 10 heteroatoms. The smallest absolute Gasteiger partial charge is 0.302 e. The molecule has 0 saturated heterocycles. The number of aryl methyl sites for hydroxylation is 1. The lowest BCUT2D eigenvalue weighted by Crippen LogP contribution is -2.36. The number of thiazole rings is 1. The minimum absolute atomic E-state index is 0.0763. The molecule has 4 aromatic rings. The van der Waals surface area contributed by atoms with Gasteiger partial charge in [0.15, 0.2) is 5.13 Å². The fourth-order valence-electron chi connectivity index (χ4n) is 3.36. The number of carbonyl (C=O) groups excluding carboxylic acids is 1. The van der Waals surface area contributed by atoms with E-state index in [1.54, 1.807) is 7.05 Å². The molecule has 0 aliphatic carbocycles. The van der Waals surface area contributed by atoms with Crippen LogP contribution in [0.4, 0.5) is 5.13 Å². The van der Waals surface area contributed by atoms with Crippen molar-refractivity contribution >= 4 is 44.1 Å². The van der Waals surface area contributed by atoms with Crippen LogP contribution in [0.1, 0.15) is 32.0 Å². The molecule has 0 saturated carbocycles. The Morgan fingerprint density at radius 1 is 1.09 bits per heavy atom. The Labute approximate surface area is 192 Å². The number of nitrogens with one attached hydrogen (secondary N) is 1. The minimum Gasteiger partial charge on any atom is -0.302 e. The molecule has 32 heavy (non-hydrogen) atoms. The van der Waals surface area contributed by atoms with E-state index in [-0.39, 0.29) is 17.7 Å². The molecular formula is C22H23N5O3S2. The molecule has 0 atom stereocenters. The fourth-order valence-corrected chi connectivity index (χ4v) is 4.95. The van der Waals surface area contributed by atoms with Crippen LogP contribution in [0.15, 0.2) is 39.2 Å². The van der Waals surface area contributed by atoms with Gasteiger partial charge in [-0.2, -0.15) is 4.37 Å². The molecule has 0 unspecified atom stereocenters. The van der Waals surface area contributed by atoms with E-state index in [9.17, 15) is 14.4 Å². The van der Waals surface area contributed by atoms with Crippen LogP contribution in [-0.4, -0.2) is 24.4 Å². The maximum absolute atomic E-state index is 12.6. The maximum atomic E-state index is 12.6. The fraction of sp³-hybridized carbons (Fsp3) is 0.318. The van der Waals surface area contributed by atoms with Crippen LogP contribution >= 0.6 is 22.9 Å². The summed E-state index contributed by atoms with van der Waals surface area (Å²) in [6, 6.07) is 8.24. The third-order valence-corrected chi connectivity index (χ3v) is 6.99. The van der Waals surface area contributed by atoms with E-state index in [2.05, 4.69) is 47.6 Å². The summed E-state index contributed by atoms with van der Waals surface area (Å²) in [7, 11) is 2.99. The number of hydrogen-bond acceptors (Lipinski definition) is 7. The quantitative estimate of drug-likeness (QED) is 0.494.